The highest BCUT2D eigenvalue weighted by Crippen LogP contribution is 2.43. The summed E-state index contributed by atoms with van der Waals surface area (Å²) in [4.78, 5) is 8.75. The Morgan fingerprint density at radius 2 is 1.75 bits per heavy atom. The lowest BCUT2D eigenvalue weighted by molar-refractivity contribution is 0.0385. The summed E-state index contributed by atoms with van der Waals surface area (Å²) in [6.45, 7) is 4.90. The number of morpholine rings is 1. The standard InChI is InChI=1S/C28H35N3O/c1-30(2)28(23-8-4-3-5-9-23)15-12-22(13-16-28)27-25(14-17-31-18-20-32-21-19-31)24-10-6-7-11-26(24)29-27/h3-12,29H,13-21H2,1-2H3. The van der Waals surface area contributed by atoms with E-state index in [0.29, 0.717) is 0 Å². The second kappa shape index (κ2) is 9.22. The molecule has 1 aromatic heterocycles. The van der Waals surface area contributed by atoms with E-state index in [9.17, 15) is 0 Å². The zero-order valence-electron chi connectivity index (χ0n) is 19.4. The van der Waals surface area contributed by atoms with Crippen molar-refractivity contribution in [2.45, 2.75) is 31.2 Å². The molecular weight excluding hydrogens is 394 g/mol. The van der Waals surface area contributed by atoms with Crippen LogP contribution in [0.1, 0.15) is 36.1 Å². The van der Waals surface area contributed by atoms with Gasteiger partial charge in [0.25, 0.3) is 0 Å². The number of allylic oxidation sites excluding steroid dienone is 1. The van der Waals surface area contributed by atoms with Crippen molar-refractivity contribution in [1.29, 1.82) is 0 Å². The molecule has 3 aromatic rings. The number of ether oxygens (including phenoxy) is 1. The lowest BCUT2D eigenvalue weighted by Gasteiger charge is -2.43. The SMILES string of the molecule is CN(C)C1(c2ccccc2)CC=C(c2[nH]c3ccccc3c2CCN2CCOCC2)CC1. The minimum Gasteiger partial charge on any atom is -0.379 e. The van der Waals surface area contributed by atoms with E-state index in [1.165, 1.54) is 33.3 Å². The lowest BCUT2D eigenvalue weighted by atomic mass is 9.75. The van der Waals surface area contributed by atoms with Gasteiger partial charge in [-0.05, 0) is 62.5 Å². The van der Waals surface area contributed by atoms with Crippen molar-refractivity contribution < 1.29 is 4.74 Å². The number of aromatic amines is 1. The predicted molar refractivity (Wildman–Crippen MR) is 133 cm³/mol. The van der Waals surface area contributed by atoms with Crippen LogP contribution in [0, 0.1) is 0 Å². The third kappa shape index (κ3) is 4.03. The zero-order valence-corrected chi connectivity index (χ0v) is 19.4. The molecule has 2 aliphatic rings. The minimum absolute atomic E-state index is 0.0741. The van der Waals surface area contributed by atoms with Crippen molar-refractivity contribution in [2.24, 2.45) is 0 Å². The van der Waals surface area contributed by atoms with Crippen molar-refractivity contribution in [3.8, 4) is 0 Å². The zero-order chi connectivity index (χ0) is 22.0. The summed E-state index contributed by atoms with van der Waals surface area (Å²) in [5, 5.41) is 1.38. The normalized spacial score (nSPS) is 22.4. The van der Waals surface area contributed by atoms with Crippen LogP contribution in [0.5, 0.6) is 0 Å². The molecule has 0 amide bonds. The van der Waals surface area contributed by atoms with Crippen LogP contribution in [-0.2, 0) is 16.7 Å². The smallest absolute Gasteiger partial charge is 0.0594 e. The van der Waals surface area contributed by atoms with Gasteiger partial charge < -0.3 is 9.72 Å². The maximum atomic E-state index is 5.54. The topological polar surface area (TPSA) is 31.5 Å². The number of fused-ring (bicyclic) bond motifs is 1. The first-order chi connectivity index (χ1) is 15.7. The van der Waals surface area contributed by atoms with Gasteiger partial charge in [0.05, 0.1) is 13.2 Å². The Labute approximate surface area is 191 Å². The van der Waals surface area contributed by atoms with Crippen LogP contribution >= 0.6 is 0 Å². The molecule has 0 spiro atoms. The molecule has 4 heteroatoms. The van der Waals surface area contributed by atoms with Gasteiger partial charge in [0.15, 0.2) is 0 Å². The molecule has 0 radical (unpaired) electrons. The fourth-order valence-electron chi connectivity index (χ4n) is 5.57. The molecule has 1 aliphatic carbocycles. The molecule has 1 unspecified atom stereocenters. The van der Waals surface area contributed by atoms with Crippen LogP contribution in [-0.4, -0.2) is 61.7 Å². The van der Waals surface area contributed by atoms with Gasteiger partial charge in [-0.1, -0.05) is 54.6 Å². The minimum atomic E-state index is 0.0741. The monoisotopic (exact) mass is 429 g/mol. The van der Waals surface area contributed by atoms with Gasteiger partial charge in [0, 0.05) is 41.8 Å². The van der Waals surface area contributed by atoms with Crippen LogP contribution in [0.15, 0.2) is 60.7 Å². The molecule has 1 fully saturated rings. The fourth-order valence-corrected chi connectivity index (χ4v) is 5.57. The number of hydrogen-bond donors (Lipinski definition) is 1. The van der Waals surface area contributed by atoms with Gasteiger partial charge in [-0.3, -0.25) is 9.80 Å². The molecule has 2 heterocycles. The Hall–Kier alpha value is -2.40. The van der Waals surface area contributed by atoms with Crippen molar-refractivity contribution in [1.82, 2.24) is 14.8 Å². The summed E-state index contributed by atoms with van der Waals surface area (Å²) >= 11 is 0. The van der Waals surface area contributed by atoms with Crippen LogP contribution < -0.4 is 0 Å². The van der Waals surface area contributed by atoms with Gasteiger partial charge >= 0.3 is 0 Å². The third-order valence-corrected chi connectivity index (χ3v) is 7.58. The van der Waals surface area contributed by atoms with Crippen LogP contribution in [0.25, 0.3) is 16.5 Å². The van der Waals surface area contributed by atoms with E-state index in [0.717, 1.165) is 58.5 Å². The van der Waals surface area contributed by atoms with E-state index in [4.69, 9.17) is 4.74 Å². The number of rotatable bonds is 6. The molecule has 0 saturated carbocycles. The first-order valence-corrected chi connectivity index (χ1v) is 12.0. The highest BCUT2D eigenvalue weighted by Gasteiger charge is 2.36. The summed E-state index contributed by atoms with van der Waals surface area (Å²) in [6.07, 6.45) is 6.84. The number of H-pyrrole nitrogens is 1. The second-order valence-electron chi connectivity index (χ2n) is 9.45. The quantitative estimate of drug-likeness (QED) is 0.594. The number of benzene rings is 2. The van der Waals surface area contributed by atoms with Gasteiger partial charge in [-0.15, -0.1) is 0 Å². The van der Waals surface area contributed by atoms with E-state index in [1.807, 2.05) is 0 Å². The largest absolute Gasteiger partial charge is 0.379 e. The number of nitrogens with one attached hydrogen (secondary N) is 1. The molecule has 2 aromatic carbocycles. The van der Waals surface area contributed by atoms with E-state index in [-0.39, 0.29) is 5.54 Å². The van der Waals surface area contributed by atoms with E-state index >= 15 is 0 Å². The molecule has 1 aliphatic heterocycles. The molecule has 1 atom stereocenters. The molecule has 1 N–H and O–H groups in total. The summed E-state index contributed by atoms with van der Waals surface area (Å²) < 4.78 is 5.54. The first kappa shape index (κ1) is 21.4. The third-order valence-electron chi connectivity index (χ3n) is 7.58. The van der Waals surface area contributed by atoms with Gasteiger partial charge in [0.2, 0.25) is 0 Å². The van der Waals surface area contributed by atoms with Crippen LogP contribution in [0.4, 0.5) is 0 Å². The van der Waals surface area contributed by atoms with Gasteiger partial charge in [-0.25, -0.2) is 0 Å². The second-order valence-corrected chi connectivity index (χ2v) is 9.45. The summed E-state index contributed by atoms with van der Waals surface area (Å²) in [6, 6.07) is 19.8. The molecule has 0 bridgehead atoms. The Balaban J connectivity index is 1.45. The molecule has 168 valence electrons. The highest BCUT2D eigenvalue weighted by atomic mass is 16.5. The maximum absolute atomic E-state index is 5.54. The van der Waals surface area contributed by atoms with Crippen LogP contribution in [0.2, 0.25) is 0 Å². The molecular formula is C28H35N3O. The van der Waals surface area contributed by atoms with E-state index in [2.05, 4.69) is 89.6 Å². The lowest BCUT2D eigenvalue weighted by Crippen LogP contribution is -2.42. The highest BCUT2D eigenvalue weighted by molar-refractivity contribution is 5.89. The molecule has 32 heavy (non-hydrogen) atoms. The Morgan fingerprint density at radius 1 is 1.00 bits per heavy atom. The molecule has 4 nitrogen and oxygen atoms in total. The van der Waals surface area contributed by atoms with Crippen molar-refractivity contribution in [3.63, 3.8) is 0 Å². The summed E-state index contributed by atoms with van der Waals surface area (Å²) in [7, 11) is 4.45. The van der Waals surface area contributed by atoms with E-state index in [1.54, 1.807) is 0 Å². The Kier molecular flexibility index (Phi) is 6.18. The number of aromatic nitrogens is 1. The fraction of sp³-hybridized carbons (Fsp3) is 0.429. The average Bonchev–Trinajstić information content (AvgIpc) is 3.22. The van der Waals surface area contributed by atoms with Gasteiger partial charge in [-0.2, -0.15) is 0 Å². The molecule has 5 rings (SSSR count). The average molecular weight is 430 g/mol. The first-order valence-electron chi connectivity index (χ1n) is 12.0. The number of hydrogen-bond acceptors (Lipinski definition) is 3. The Bertz CT molecular complexity index is 1080. The predicted octanol–water partition coefficient (Wildman–Crippen LogP) is 5.07. The van der Waals surface area contributed by atoms with Crippen molar-refractivity contribution >= 4 is 16.5 Å². The number of nitrogens with zero attached hydrogens (tertiary/aromatic N) is 2. The van der Waals surface area contributed by atoms with Gasteiger partial charge in [0.1, 0.15) is 0 Å². The van der Waals surface area contributed by atoms with E-state index < -0.39 is 0 Å². The van der Waals surface area contributed by atoms with Crippen molar-refractivity contribution in [3.05, 3.63) is 77.5 Å². The summed E-state index contributed by atoms with van der Waals surface area (Å²) in [5.41, 5.74) is 7.07. The maximum Gasteiger partial charge on any atom is 0.0594 e. The van der Waals surface area contributed by atoms with Crippen LogP contribution in [0.3, 0.4) is 0 Å². The summed E-state index contributed by atoms with van der Waals surface area (Å²) in [5.74, 6) is 0. The Morgan fingerprint density at radius 3 is 2.47 bits per heavy atom. The number of para-hydroxylation sites is 1. The van der Waals surface area contributed by atoms with Crippen molar-refractivity contribution in [2.75, 3.05) is 46.9 Å². The molecule has 1 saturated heterocycles.